The van der Waals surface area contributed by atoms with Crippen LogP contribution in [-0.2, 0) is 9.53 Å². The second kappa shape index (κ2) is 6.25. The van der Waals surface area contributed by atoms with E-state index < -0.39 is 5.72 Å². The molecule has 0 aromatic rings. The van der Waals surface area contributed by atoms with Crippen LogP contribution in [0.5, 0.6) is 0 Å². The third-order valence-electron chi connectivity index (χ3n) is 5.09. The summed E-state index contributed by atoms with van der Waals surface area (Å²) in [7, 11) is 0. The maximum Gasteiger partial charge on any atom is 0.280 e. The first kappa shape index (κ1) is 15.9. The standard InChI is InChI=1S/C17H25ClN2O2/c1-3-14-15(12(2)18)13-8-7-9-19-16(21)17(13,22-14)20-10-5-4-6-11-20/h3,13H,4-11H2,1-2H3,(H,19,21). The van der Waals surface area contributed by atoms with Gasteiger partial charge in [-0.05, 0) is 45.6 Å². The van der Waals surface area contributed by atoms with Crippen molar-refractivity contribution >= 4 is 17.5 Å². The fraction of sp³-hybridized carbons (Fsp3) is 0.706. The lowest BCUT2D eigenvalue weighted by Crippen LogP contribution is -2.62. The molecule has 0 saturated carbocycles. The van der Waals surface area contributed by atoms with Gasteiger partial charge in [0.05, 0.1) is 5.92 Å². The highest BCUT2D eigenvalue weighted by atomic mass is 35.5. The molecule has 0 aromatic carbocycles. The molecule has 1 N–H and O–H groups in total. The lowest BCUT2D eigenvalue weighted by molar-refractivity contribution is -0.171. The van der Waals surface area contributed by atoms with Crippen LogP contribution in [0.1, 0.15) is 46.0 Å². The molecule has 2 unspecified atom stereocenters. The van der Waals surface area contributed by atoms with Crippen LogP contribution in [0.25, 0.3) is 0 Å². The molecule has 0 aliphatic carbocycles. The fourth-order valence-electron chi connectivity index (χ4n) is 4.12. The van der Waals surface area contributed by atoms with E-state index >= 15 is 0 Å². The predicted octanol–water partition coefficient (Wildman–Crippen LogP) is 3.14. The van der Waals surface area contributed by atoms with Crippen LogP contribution >= 0.6 is 11.6 Å². The summed E-state index contributed by atoms with van der Waals surface area (Å²) in [6.45, 7) is 6.39. The van der Waals surface area contributed by atoms with E-state index in [1.165, 1.54) is 6.42 Å². The summed E-state index contributed by atoms with van der Waals surface area (Å²) in [5.74, 6) is 0.807. The summed E-state index contributed by atoms with van der Waals surface area (Å²) >= 11 is 6.39. The predicted molar refractivity (Wildman–Crippen MR) is 87.3 cm³/mol. The van der Waals surface area contributed by atoms with Crippen LogP contribution < -0.4 is 5.32 Å². The number of nitrogens with one attached hydrogen (secondary N) is 1. The number of hydrogen-bond acceptors (Lipinski definition) is 3. The van der Waals surface area contributed by atoms with Gasteiger partial charge < -0.3 is 10.1 Å². The lowest BCUT2D eigenvalue weighted by atomic mass is 9.84. The third-order valence-corrected chi connectivity index (χ3v) is 5.30. The van der Waals surface area contributed by atoms with Gasteiger partial charge in [-0.25, -0.2) is 0 Å². The number of piperidine rings is 1. The molecule has 0 aromatic heterocycles. The number of fused-ring (bicyclic) bond motifs is 1. The van der Waals surface area contributed by atoms with Crippen molar-refractivity contribution in [2.45, 2.75) is 51.7 Å². The lowest BCUT2D eigenvalue weighted by Gasteiger charge is -2.42. The summed E-state index contributed by atoms with van der Waals surface area (Å²) in [4.78, 5) is 15.2. The SMILES string of the molecule is CC=C1OC2(N3CCCCC3)C(=O)NCCCC2C1=C(C)Cl. The highest BCUT2D eigenvalue weighted by Crippen LogP contribution is 2.50. The minimum atomic E-state index is -0.899. The van der Waals surface area contributed by atoms with Crippen molar-refractivity contribution in [1.29, 1.82) is 0 Å². The van der Waals surface area contributed by atoms with Crippen molar-refractivity contribution in [3.8, 4) is 0 Å². The highest BCUT2D eigenvalue weighted by Gasteiger charge is 2.60. The van der Waals surface area contributed by atoms with Crippen molar-refractivity contribution in [3.63, 3.8) is 0 Å². The second-order valence-electron chi connectivity index (χ2n) is 6.40. The Morgan fingerprint density at radius 2 is 2.09 bits per heavy atom. The number of carbonyl (C=O) groups is 1. The first-order valence-corrected chi connectivity index (χ1v) is 8.74. The monoisotopic (exact) mass is 324 g/mol. The van der Waals surface area contributed by atoms with E-state index in [0.29, 0.717) is 6.54 Å². The molecule has 2 atom stereocenters. The number of amides is 1. The molecule has 0 bridgehead atoms. The zero-order valence-electron chi connectivity index (χ0n) is 13.5. The number of allylic oxidation sites excluding steroid dienone is 3. The molecule has 3 rings (SSSR count). The maximum absolute atomic E-state index is 13.0. The van der Waals surface area contributed by atoms with E-state index in [2.05, 4.69) is 10.2 Å². The Labute approximate surface area is 137 Å². The summed E-state index contributed by atoms with van der Waals surface area (Å²) in [5.41, 5.74) is 0.122. The van der Waals surface area contributed by atoms with Crippen molar-refractivity contribution in [2.24, 2.45) is 5.92 Å². The van der Waals surface area contributed by atoms with E-state index in [-0.39, 0.29) is 11.8 Å². The molecule has 4 nitrogen and oxygen atoms in total. The van der Waals surface area contributed by atoms with E-state index in [9.17, 15) is 4.79 Å². The van der Waals surface area contributed by atoms with Gasteiger partial charge in [0.15, 0.2) is 0 Å². The van der Waals surface area contributed by atoms with Crippen molar-refractivity contribution in [1.82, 2.24) is 10.2 Å². The average molecular weight is 325 g/mol. The number of hydrogen-bond donors (Lipinski definition) is 1. The molecule has 5 heteroatoms. The number of nitrogens with zero attached hydrogens (tertiary/aromatic N) is 1. The topological polar surface area (TPSA) is 41.6 Å². The smallest absolute Gasteiger partial charge is 0.280 e. The van der Waals surface area contributed by atoms with Crippen molar-refractivity contribution < 1.29 is 9.53 Å². The summed E-state index contributed by atoms with van der Waals surface area (Å²) < 4.78 is 6.34. The number of carbonyl (C=O) groups excluding carboxylic acids is 1. The van der Waals surface area contributed by atoms with Gasteiger partial charge in [0.25, 0.3) is 5.91 Å². The van der Waals surface area contributed by atoms with Gasteiger partial charge in [0.1, 0.15) is 5.76 Å². The average Bonchev–Trinajstić information content (AvgIpc) is 2.79. The van der Waals surface area contributed by atoms with Gasteiger partial charge in [-0.1, -0.05) is 18.0 Å². The van der Waals surface area contributed by atoms with Gasteiger partial charge in [-0.15, -0.1) is 0 Å². The van der Waals surface area contributed by atoms with Gasteiger partial charge >= 0.3 is 0 Å². The second-order valence-corrected chi connectivity index (χ2v) is 6.96. The maximum atomic E-state index is 13.0. The quantitative estimate of drug-likeness (QED) is 0.805. The van der Waals surface area contributed by atoms with Gasteiger partial charge in [0, 0.05) is 30.2 Å². The van der Waals surface area contributed by atoms with Crippen molar-refractivity contribution in [2.75, 3.05) is 19.6 Å². The highest BCUT2D eigenvalue weighted by molar-refractivity contribution is 6.30. The molecule has 3 heterocycles. The van der Waals surface area contributed by atoms with Gasteiger partial charge in [0.2, 0.25) is 5.72 Å². The Bertz CT molecular complexity index is 519. The van der Waals surface area contributed by atoms with Crippen LogP contribution in [0.3, 0.4) is 0 Å². The van der Waals surface area contributed by atoms with E-state index in [4.69, 9.17) is 16.3 Å². The first-order chi connectivity index (χ1) is 10.6. The molecule has 3 fully saturated rings. The number of ether oxygens (including phenoxy) is 1. The summed E-state index contributed by atoms with van der Waals surface area (Å²) in [5, 5.41) is 3.80. The molecular formula is C17H25ClN2O2. The molecular weight excluding hydrogens is 300 g/mol. The first-order valence-electron chi connectivity index (χ1n) is 8.36. The molecule has 3 aliphatic rings. The Kier molecular flexibility index (Phi) is 4.51. The van der Waals surface area contributed by atoms with Gasteiger partial charge in [-0.2, -0.15) is 0 Å². The number of likely N-dealkylation sites (tertiary alicyclic amines) is 1. The minimum absolute atomic E-state index is 0.00386. The van der Waals surface area contributed by atoms with E-state index in [1.54, 1.807) is 0 Å². The zero-order valence-corrected chi connectivity index (χ0v) is 14.2. The molecule has 22 heavy (non-hydrogen) atoms. The molecule has 122 valence electrons. The van der Waals surface area contributed by atoms with Crippen LogP contribution in [0.15, 0.2) is 22.4 Å². The Hall–Kier alpha value is -1.00. The minimum Gasteiger partial charge on any atom is -0.462 e. The van der Waals surface area contributed by atoms with E-state index in [0.717, 1.165) is 55.1 Å². The Balaban J connectivity index is 2.11. The zero-order chi connectivity index (χ0) is 15.7. The summed E-state index contributed by atoms with van der Waals surface area (Å²) in [6.07, 6.45) is 7.29. The molecule has 3 saturated heterocycles. The normalized spacial score (nSPS) is 37.3. The summed E-state index contributed by atoms with van der Waals surface area (Å²) in [6, 6.07) is 0. The van der Waals surface area contributed by atoms with Crippen molar-refractivity contribution in [3.05, 3.63) is 22.4 Å². The van der Waals surface area contributed by atoms with Gasteiger partial charge in [-0.3, -0.25) is 9.69 Å². The molecule has 1 amide bonds. The number of halogens is 1. The Morgan fingerprint density at radius 1 is 1.36 bits per heavy atom. The Morgan fingerprint density at radius 3 is 2.73 bits per heavy atom. The van der Waals surface area contributed by atoms with Crippen LogP contribution in [-0.4, -0.2) is 36.2 Å². The molecule has 0 radical (unpaired) electrons. The molecule has 0 spiro atoms. The van der Waals surface area contributed by atoms with Crippen LogP contribution in [0.2, 0.25) is 0 Å². The third kappa shape index (κ3) is 2.37. The molecule has 3 aliphatic heterocycles. The largest absolute Gasteiger partial charge is 0.462 e. The van der Waals surface area contributed by atoms with Crippen LogP contribution in [0.4, 0.5) is 0 Å². The van der Waals surface area contributed by atoms with Crippen LogP contribution in [0, 0.1) is 5.92 Å². The van der Waals surface area contributed by atoms with E-state index in [1.807, 2.05) is 19.9 Å². The number of rotatable bonds is 1. The fourth-order valence-corrected chi connectivity index (χ4v) is 4.34.